The molecule has 1 aromatic heterocycles. The molecule has 1 heterocycles. The first-order chi connectivity index (χ1) is 9.27. The number of hydrogen-bond acceptors (Lipinski definition) is 2. The molecular weight excluding hydrogens is 332 g/mol. The SMILES string of the molecule is O=C(Cc1cccc(C(F)(F)F)c1)c1cc(Cl)sc1Cl. The molecule has 0 aliphatic heterocycles. The van der Waals surface area contributed by atoms with E-state index in [1.165, 1.54) is 18.2 Å². The van der Waals surface area contributed by atoms with Gasteiger partial charge in [-0.2, -0.15) is 13.2 Å². The van der Waals surface area contributed by atoms with Gasteiger partial charge in [0.15, 0.2) is 5.78 Å². The zero-order valence-corrected chi connectivity index (χ0v) is 12.1. The van der Waals surface area contributed by atoms with Crippen molar-refractivity contribution in [2.45, 2.75) is 12.6 Å². The zero-order chi connectivity index (χ0) is 14.9. The molecule has 0 aliphatic rings. The summed E-state index contributed by atoms with van der Waals surface area (Å²) in [6.45, 7) is 0. The van der Waals surface area contributed by atoms with Crippen molar-refractivity contribution in [1.29, 1.82) is 0 Å². The van der Waals surface area contributed by atoms with Gasteiger partial charge in [-0.05, 0) is 17.7 Å². The van der Waals surface area contributed by atoms with Crippen LogP contribution in [-0.2, 0) is 12.6 Å². The molecule has 7 heteroatoms. The third-order valence-corrected chi connectivity index (χ3v) is 4.06. The number of carbonyl (C=O) groups excluding carboxylic acids is 1. The predicted molar refractivity (Wildman–Crippen MR) is 73.8 cm³/mol. The molecule has 0 unspecified atom stereocenters. The summed E-state index contributed by atoms with van der Waals surface area (Å²) in [6.07, 6.45) is -4.58. The summed E-state index contributed by atoms with van der Waals surface area (Å²) in [6, 6.07) is 6.08. The van der Waals surface area contributed by atoms with Crippen molar-refractivity contribution >= 4 is 40.3 Å². The van der Waals surface area contributed by atoms with Crippen molar-refractivity contribution in [1.82, 2.24) is 0 Å². The van der Waals surface area contributed by atoms with Crippen molar-refractivity contribution < 1.29 is 18.0 Å². The lowest BCUT2D eigenvalue weighted by molar-refractivity contribution is -0.137. The fourth-order valence-electron chi connectivity index (χ4n) is 1.67. The van der Waals surface area contributed by atoms with Gasteiger partial charge in [0.05, 0.1) is 9.90 Å². The van der Waals surface area contributed by atoms with Crippen LogP contribution >= 0.6 is 34.5 Å². The van der Waals surface area contributed by atoms with Gasteiger partial charge in [-0.25, -0.2) is 0 Å². The molecule has 0 atom stereocenters. The van der Waals surface area contributed by atoms with Crippen LogP contribution < -0.4 is 0 Å². The van der Waals surface area contributed by atoms with E-state index < -0.39 is 11.7 Å². The van der Waals surface area contributed by atoms with Gasteiger partial charge in [0.25, 0.3) is 0 Å². The number of halogens is 5. The number of benzene rings is 1. The minimum atomic E-state index is -4.43. The van der Waals surface area contributed by atoms with E-state index in [1.54, 1.807) is 0 Å². The Morgan fingerprint density at radius 1 is 1.20 bits per heavy atom. The second-order valence-corrected chi connectivity index (χ2v) is 6.32. The first-order valence-electron chi connectivity index (χ1n) is 5.41. The van der Waals surface area contributed by atoms with Crippen LogP contribution in [0, 0.1) is 0 Å². The highest BCUT2D eigenvalue weighted by molar-refractivity contribution is 7.20. The maximum Gasteiger partial charge on any atom is 0.416 e. The predicted octanol–water partition coefficient (Wildman–Crippen LogP) is 5.50. The van der Waals surface area contributed by atoms with Gasteiger partial charge in [-0.3, -0.25) is 4.79 Å². The van der Waals surface area contributed by atoms with E-state index in [0.717, 1.165) is 23.5 Å². The molecule has 2 aromatic rings. The molecule has 0 bridgehead atoms. The Hall–Kier alpha value is -1.04. The molecule has 0 N–H and O–H groups in total. The number of hydrogen-bond donors (Lipinski definition) is 0. The Kier molecular flexibility index (Phi) is 4.42. The summed E-state index contributed by atoms with van der Waals surface area (Å²) < 4.78 is 38.3. The van der Waals surface area contributed by atoms with E-state index in [-0.39, 0.29) is 27.7 Å². The highest BCUT2D eigenvalue weighted by Crippen LogP contribution is 2.33. The summed E-state index contributed by atoms with van der Waals surface area (Å²) in [5, 5.41) is 0. The molecule has 2 rings (SSSR count). The van der Waals surface area contributed by atoms with Gasteiger partial charge in [-0.15, -0.1) is 11.3 Å². The molecule has 0 saturated carbocycles. The number of Topliss-reactive ketones (excluding diaryl/α,β-unsaturated/α-hetero) is 1. The van der Waals surface area contributed by atoms with Crippen LogP contribution in [-0.4, -0.2) is 5.78 Å². The quantitative estimate of drug-likeness (QED) is 0.675. The fourth-order valence-corrected chi connectivity index (χ4v) is 3.17. The van der Waals surface area contributed by atoms with Crippen LogP contribution in [0.3, 0.4) is 0 Å². The Morgan fingerprint density at radius 3 is 2.45 bits per heavy atom. The summed E-state index contributed by atoms with van der Waals surface area (Å²) >= 11 is 12.6. The van der Waals surface area contributed by atoms with Crippen LogP contribution in [0.25, 0.3) is 0 Å². The standard InChI is InChI=1S/C13H7Cl2F3OS/c14-11-6-9(12(15)20-11)10(19)5-7-2-1-3-8(4-7)13(16,17)18/h1-4,6H,5H2. The molecule has 0 amide bonds. The van der Waals surface area contributed by atoms with Crippen LogP contribution in [0.2, 0.25) is 8.67 Å². The summed E-state index contributed by atoms with van der Waals surface area (Å²) in [4.78, 5) is 12.0. The van der Waals surface area contributed by atoms with Crippen molar-refractivity contribution in [3.05, 3.63) is 55.7 Å². The molecule has 0 radical (unpaired) electrons. The van der Waals surface area contributed by atoms with E-state index in [1.807, 2.05) is 0 Å². The maximum absolute atomic E-state index is 12.6. The monoisotopic (exact) mass is 338 g/mol. The molecule has 0 spiro atoms. The third kappa shape index (κ3) is 3.53. The van der Waals surface area contributed by atoms with Crippen molar-refractivity contribution in [2.24, 2.45) is 0 Å². The van der Waals surface area contributed by atoms with E-state index >= 15 is 0 Å². The first kappa shape index (κ1) is 15.4. The van der Waals surface area contributed by atoms with E-state index in [2.05, 4.69) is 0 Å². The number of carbonyl (C=O) groups is 1. The zero-order valence-electron chi connectivity index (χ0n) is 9.80. The average Bonchev–Trinajstić information content (AvgIpc) is 2.68. The number of thiophene rings is 1. The van der Waals surface area contributed by atoms with Gasteiger partial charge in [0, 0.05) is 12.0 Å². The molecule has 1 aromatic carbocycles. The molecule has 106 valence electrons. The molecule has 0 aliphatic carbocycles. The van der Waals surface area contributed by atoms with Crippen LogP contribution in [0.15, 0.2) is 30.3 Å². The summed E-state index contributed by atoms with van der Waals surface area (Å²) in [5.41, 5.74) is -0.264. The highest BCUT2D eigenvalue weighted by atomic mass is 35.5. The third-order valence-electron chi connectivity index (χ3n) is 2.58. The Balaban J connectivity index is 2.22. The van der Waals surface area contributed by atoms with E-state index in [4.69, 9.17) is 23.2 Å². The Morgan fingerprint density at radius 2 is 1.90 bits per heavy atom. The second kappa shape index (κ2) is 5.76. The average molecular weight is 339 g/mol. The van der Waals surface area contributed by atoms with Gasteiger partial charge in [0.1, 0.15) is 4.34 Å². The molecule has 0 fully saturated rings. The van der Waals surface area contributed by atoms with Gasteiger partial charge in [-0.1, -0.05) is 41.4 Å². The first-order valence-corrected chi connectivity index (χ1v) is 6.99. The maximum atomic E-state index is 12.6. The number of rotatable bonds is 3. The lowest BCUT2D eigenvalue weighted by Crippen LogP contribution is -2.07. The molecule has 20 heavy (non-hydrogen) atoms. The summed E-state index contributed by atoms with van der Waals surface area (Å²) in [5.74, 6) is -0.363. The minimum absolute atomic E-state index is 0.156. The van der Waals surface area contributed by atoms with Gasteiger partial charge < -0.3 is 0 Å². The molecular formula is C13H7Cl2F3OS. The summed E-state index contributed by atoms with van der Waals surface area (Å²) in [7, 11) is 0. The van der Waals surface area contributed by atoms with Crippen molar-refractivity contribution in [2.75, 3.05) is 0 Å². The van der Waals surface area contributed by atoms with Gasteiger partial charge >= 0.3 is 6.18 Å². The number of ketones is 1. The second-order valence-electron chi connectivity index (χ2n) is 4.04. The van der Waals surface area contributed by atoms with E-state index in [9.17, 15) is 18.0 Å². The normalized spacial score (nSPS) is 11.7. The highest BCUT2D eigenvalue weighted by Gasteiger charge is 2.30. The van der Waals surface area contributed by atoms with Crippen LogP contribution in [0.5, 0.6) is 0 Å². The largest absolute Gasteiger partial charge is 0.416 e. The van der Waals surface area contributed by atoms with Gasteiger partial charge in [0.2, 0.25) is 0 Å². The molecule has 1 nitrogen and oxygen atoms in total. The van der Waals surface area contributed by atoms with Crippen LogP contribution in [0.1, 0.15) is 21.5 Å². The Bertz CT molecular complexity index is 649. The fraction of sp³-hybridized carbons (Fsp3) is 0.154. The minimum Gasteiger partial charge on any atom is -0.294 e. The Labute approximate surface area is 126 Å². The lowest BCUT2D eigenvalue weighted by atomic mass is 10.0. The van der Waals surface area contributed by atoms with E-state index in [0.29, 0.717) is 4.34 Å². The topological polar surface area (TPSA) is 17.1 Å². The van der Waals surface area contributed by atoms with Crippen molar-refractivity contribution in [3.8, 4) is 0 Å². The van der Waals surface area contributed by atoms with Crippen LogP contribution in [0.4, 0.5) is 13.2 Å². The molecule has 0 saturated heterocycles. The van der Waals surface area contributed by atoms with Crippen molar-refractivity contribution in [3.63, 3.8) is 0 Å². The number of alkyl halides is 3. The lowest BCUT2D eigenvalue weighted by Gasteiger charge is -2.08. The smallest absolute Gasteiger partial charge is 0.294 e.